The molecule has 2 rings (SSSR count). The van der Waals surface area contributed by atoms with Gasteiger partial charge in [-0.3, -0.25) is 4.79 Å². The summed E-state index contributed by atoms with van der Waals surface area (Å²) in [7, 11) is -1.20. The molecule has 2 N–H and O–H groups in total. The summed E-state index contributed by atoms with van der Waals surface area (Å²) in [6, 6.07) is 5.16. The van der Waals surface area contributed by atoms with Crippen LogP contribution in [-0.2, 0) is 16.0 Å². The third-order valence-corrected chi connectivity index (χ3v) is 3.55. The van der Waals surface area contributed by atoms with Crippen molar-refractivity contribution in [3.63, 3.8) is 0 Å². The lowest BCUT2D eigenvalue weighted by Gasteiger charge is -2.29. The van der Waals surface area contributed by atoms with Crippen LogP contribution in [0.3, 0.4) is 0 Å². The van der Waals surface area contributed by atoms with E-state index in [9.17, 15) is 14.6 Å². The molecule has 0 saturated heterocycles. The smallest absolute Gasteiger partial charge is 0.534 e. The highest BCUT2D eigenvalue weighted by Crippen LogP contribution is 2.30. The fourth-order valence-electron chi connectivity index (χ4n) is 2.34. The van der Waals surface area contributed by atoms with Crippen LogP contribution < -0.4 is 9.97 Å². The first kappa shape index (κ1) is 17.3. The Morgan fingerprint density at radius 2 is 2.22 bits per heavy atom. The fourth-order valence-corrected chi connectivity index (χ4v) is 2.34. The lowest BCUT2D eigenvalue weighted by Crippen LogP contribution is -2.53. The Kier molecular flexibility index (Phi) is 5.66. The highest BCUT2D eigenvalue weighted by molar-refractivity contribution is 6.47. The molecule has 1 heterocycles. The Morgan fingerprint density at radius 1 is 1.48 bits per heavy atom. The molecule has 0 spiro atoms. The highest BCUT2D eigenvalue weighted by Gasteiger charge is 2.37. The Morgan fingerprint density at radius 3 is 2.87 bits per heavy atom. The third kappa shape index (κ3) is 4.25. The molecule has 124 valence electrons. The van der Waals surface area contributed by atoms with E-state index in [4.69, 9.17) is 9.39 Å². The molecule has 1 aromatic carbocycles. The van der Waals surface area contributed by atoms with Crippen molar-refractivity contribution in [3.8, 4) is 5.75 Å². The minimum atomic E-state index is -1.20. The van der Waals surface area contributed by atoms with E-state index in [1.807, 2.05) is 19.9 Å². The quantitative estimate of drug-likeness (QED) is 0.632. The Labute approximate surface area is 136 Å². The van der Waals surface area contributed by atoms with E-state index in [-0.39, 0.29) is 11.8 Å². The molecule has 0 fully saturated rings. The molecule has 0 unspecified atom stereocenters. The molecule has 23 heavy (non-hydrogen) atoms. The molecular weight excluding hydrogens is 297 g/mol. The van der Waals surface area contributed by atoms with E-state index in [1.54, 1.807) is 19.1 Å². The van der Waals surface area contributed by atoms with Gasteiger partial charge in [0, 0.05) is 6.42 Å². The van der Waals surface area contributed by atoms with Gasteiger partial charge in [-0.25, -0.2) is 4.79 Å². The first-order valence-corrected chi connectivity index (χ1v) is 7.85. The maximum Gasteiger partial charge on any atom is 0.547 e. The normalized spacial score (nSPS) is 16.6. The van der Waals surface area contributed by atoms with Crippen LogP contribution in [0.15, 0.2) is 18.2 Å². The van der Waals surface area contributed by atoms with Crippen molar-refractivity contribution in [1.29, 1.82) is 0 Å². The van der Waals surface area contributed by atoms with Gasteiger partial charge in [-0.05, 0) is 24.0 Å². The number of esters is 1. The van der Waals surface area contributed by atoms with Gasteiger partial charge in [0.2, 0.25) is 5.91 Å². The fraction of sp³-hybridized carbons (Fsp3) is 0.500. The van der Waals surface area contributed by atoms with Crippen LogP contribution in [0, 0.1) is 5.92 Å². The van der Waals surface area contributed by atoms with Gasteiger partial charge in [0.05, 0.1) is 12.5 Å². The topological polar surface area (TPSA) is 84.9 Å². The second-order valence-corrected chi connectivity index (χ2v) is 6.03. The van der Waals surface area contributed by atoms with Gasteiger partial charge in [0.1, 0.15) is 11.3 Å². The summed E-state index contributed by atoms with van der Waals surface area (Å²) in [5.74, 6) is -0.598. The van der Waals surface area contributed by atoms with Gasteiger partial charge in [-0.15, -0.1) is 0 Å². The summed E-state index contributed by atoms with van der Waals surface area (Å²) in [6.07, 6.45) is 0.727. The van der Waals surface area contributed by atoms with E-state index in [2.05, 4.69) is 5.32 Å². The Bertz CT molecular complexity index is 590. The number of fused-ring (bicyclic) bond motifs is 1. The third-order valence-electron chi connectivity index (χ3n) is 3.55. The number of carbonyl (C=O) groups excluding carboxylic acids is 2. The maximum absolute atomic E-state index is 12.2. The molecule has 0 saturated carbocycles. The summed E-state index contributed by atoms with van der Waals surface area (Å²) in [5.41, 5.74) is 1.05. The number of hydrogen-bond acceptors (Lipinski definition) is 5. The van der Waals surface area contributed by atoms with Crippen LogP contribution in [0.25, 0.3) is 0 Å². The van der Waals surface area contributed by atoms with Crippen LogP contribution in [0.5, 0.6) is 5.75 Å². The van der Waals surface area contributed by atoms with Gasteiger partial charge in [-0.1, -0.05) is 32.9 Å². The number of rotatable bonds is 5. The minimum Gasteiger partial charge on any atom is -0.534 e. The molecular formula is C16H22BNO5. The lowest BCUT2D eigenvalue weighted by molar-refractivity contribution is -0.121. The van der Waals surface area contributed by atoms with Gasteiger partial charge in [0.15, 0.2) is 0 Å². The summed E-state index contributed by atoms with van der Waals surface area (Å²) in [4.78, 5) is 23.7. The van der Waals surface area contributed by atoms with Gasteiger partial charge in [0.25, 0.3) is 0 Å². The SMILES string of the molecule is CCC(=O)N[C@H]1Cc2cccc(C(=O)OCC(C)C)c2OB1O. The number of amides is 1. The molecule has 0 aromatic heterocycles. The summed E-state index contributed by atoms with van der Waals surface area (Å²) < 4.78 is 10.7. The lowest BCUT2D eigenvalue weighted by atomic mass is 9.72. The van der Waals surface area contributed by atoms with Crippen molar-refractivity contribution in [3.05, 3.63) is 29.3 Å². The zero-order valence-corrected chi connectivity index (χ0v) is 13.7. The van der Waals surface area contributed by atoms with Gasteiger partial charge < -0.3 is 19.7 Å². The number of nitrogens with one attached hydrogen (secondary N) is 1. The molecule has 1 aliphatic rings. The van der Waals surface area contributed by atoms with E-state index in [0.29, 0.717) is 30.8 Å². The van der Waals surface area contributed by atoms with Crippen molar-refractivity contribution in [1.82, 2.24) is 5.32 Å². The molecule has 1 aliphatic heterocycles. The zero-order valence-electron chi connectivity index (χ0n) is 13.7. The maximum atomic E-state index is 12.2. The first-order valence-electron chi connectivity index (χ1n) is 7.85. The van der Waals surface area contributed by atoms with Crippen molar-refractivity contribution < 1.29 is 24.0 Å². The summed E-state index contributed by atoms with van der Waals surface area (Å²) in [5, 5.41) is 12.8. The number of hydrogen-bond donors (Lipinski definition) is 2. The monoisotopic (exact) mass is 319 g/mol. The van der Waals surface area contributed by atoms with Gasteiger partial charge >= 0.3 is 13.1 Å². The predicted octanol–water partition coefficient (Wildman–Crippen LogP) is 1.35. The zero-order chi connectivity index (χ0) is 17.0. The molecule has 1 atom stereocenters. The Hall–Kier alpha value is -2.02. The van der Waals surface area contributed by atoms with Crippen molar-refractivity contribution in [2.24, 2.45) is 5.92 Å². The highest BCUT2D eigenvalue weighted by atomic mass is 16.5. The average molecular weight is 319 g/mol. The standard InChI is InChI=1S/C16H22BNO5/c1-4-14(19)18-13-8-11-6-5-7-12(15(11)23-17(13)21)16(20)22-9-10(2)3/h5-7,10,13,21H,4,8-9H2,1-3H3,(H,18,19)/t13-/m0/s1. The average Bonchev–Trinajstić information content (AvgIpc) is 2.52. The number of para-hydroxylation sites is 1. The Balaban J connectivity index is 2.18. The first-order chi connectivity index (χ1) is 10.9. The number of carbonyl (C=O) groups is 2. The largest absolute Gasteiger partial charge is 0.547 e. The van der Waals surface area contributed by atoms with Gasteiger partial charge in [-0.2, -0.15) is 0 Å². The second-order valence-electron chi connectivity index (χ2n) is 6.03. The molecule has 0 radical (unpaired) electrons. The van der Waals surface area contributed by atoms with Crippen molar-refractivity contribution in [2.45, 2.75) is 39.6 Å². The van der Waals surface area contributed by atoms with Crippen molar-refractivity contribution >= 4 is 19.0 Å². The van der Waals surface area contributed by atoms with Crippen LogP contribution >= 0.6 is 0 Å². The van der Waals surface area contributed by atoms with Crippen LogP contribution in [-0.4, -0.2) is 36.6 Å². The number of benzene rings is 1. The van der Waals surface area contributed by atoms with Crippen LogP contribution in [0.1, 0.15) is 43.1 Å². The van der Waals surface area contributed by atoms with E-state index >= 15 is 0 Å². The molecule has 7 heteroatoms. The van der Waals surface area contributed by atoms with Crippen LogP contribution in [0.2, 0.25) is 0 Å². The predicted molar refractivity (Wildman–Crippen MR) is 86.1 cm³/mol. The van der Waals surface area contributed by atoms with E-state index in [1.165, 1.54) is 0 Å². The van der Waals surface area contributed by atoms with E-state index in [0.717, 1.165) is 5.56 Å². The molecule has 6 nitrogen and oxygen atoms in total. The minimum absolute atomic E-state index is 0.159. The van der Waals surface area contributed by atoms with E-state index < -0.39 is 19.0 Å². The molecule has 1 amide bonds. The van der Waals surface area contributed by atoms with Crippen LogP contribution in [0.4, 0.5) is 0 Å². The summed E-state index contributed by atoms with van der Waals surface area (Å²) >= 11 is 0. The molecule has 0 bridgehead atoms. The summed E-state index contributed by atoms with van der Waals surface area (Å²) in [6.45, 7) is 5.96. The number of ether oxygens (including phenoxy) is 1. The molecule has 1 aromatic rings. The second kappa shape index (κ2) is 7.50. The van der Waals surface area contributed by atoms with Crippen molar-refractivity contribution in [2.75, 3.05) is 6.61 Å². The molecule has 0 aliphatic carbocycles.